The molecule has 1 aromatic carbocycles. The third-order valence-electron chi connectivity index (χ3n) is 2.66. The fraction of sp³-hybridized carbons (Fsp3) is 0.333. The van der Waals surface area contributed by atoms with Crippen LogP contribution in [0.15, 0.2) is 40.5 Å². The smallest absolute Gasteiger partial charge is 0.161 e. The fourth-order valence-corrected chi connectivity index (χ4v) is 2.61. The van der Waals surface area contributed by atoms with Gasteiger partial charge < -0.3 is 14.8 Å². The Bertz CT molecular complexity index is 605. The van der Waals surface area contributed by atoms with Crippen molar-refractivity contribution in [2.24, 2.45) is 0 Å². The molecule has 21 heavy (non-hydrogen) atoms. The predicted octanol–water partition coefficient (Wildman–Crippen LogP) is 3.47. The third-order valence-corrected chi connectivity index (χ3v) is 3.64. The van der Waals surface area contributed by atoms with Crippen LogP contribution in [0.3, 0.4) is 0 Å². The highest BCUT2D eigenvalue weighted by atomic mass is 32.2. The number of anilines is 1. The van der Waals surface area contributed by atoms with Crippen molar-refractivity contribution in [1.29, 1.82) is 0 Å². The average Bonchev–Trinajstić information content (AvgIpc) is 2.48. The molecule has 0 unspecified atom stereocenters. The number of nitrogens with zero attached hydrogens (tertiary/aromatic N) is 2. The summed E-state index contributed by atoms with van der Waals surface area (Å²) in [6, 6.07) is 6.08. The Labute approximate surface area is 129 Å². The monoisotopic (exact) mass is 305 g/mol. The minimum atomic E-state index is 0.298. The van der Waals surface area contributed by atoms with Gasteiger partial charge in [-0.3, -0.25) is 0 Å². The van der Waals surface area contributed by atoms with E-state index in [1.54, 1.807) is 26.6 Å². The van der Waals surface area contributed by atoms with Crippen LogP contribution in [-0.4, -0.2) is 30.2 Å². The maximum absolute atomic E-state index is 5.32. The van der Waals surface area contributed by atoms with Gasteiger partial charge in [0, 0.05) is 23.3 Å². The van der Waals surface area contributed by atoms with Gasteiger partial charge in [0.1, 0.15) is 5.03 Å². The molecule has 112 valence electrons. The second-order valence-electron chi connectivity index (χ2n) is 4.63. The molecular weight excluding hydrogens is 286 g/mol. The first-order valence-corrected chi connectivity index (χ1v) is 7.43. The van der Waals surface area contributed by atoms with Gasteiger partial charge in [-0.25, -0.2) is 9.97 Å². The SMILES string of the molecule is COc1ccc(Sc2nccnc2NC(C)C)cc1OC. The topological polar surface area (TPSA) is 56.3 Å². The van der Waals surface area contributed by atoms with Crippen LogP contribution in [-0.2, 0) is 0 Å². The van der Waals surface area contributed by atoms with Gasteiger partial charge in [-0.05, 0) is 32.0 Å². The number of hydrogen-bond donors (Lipinski definition) is 1. The Morgan fingerprint density at radius 3 is 2.43 bits per heavy atom. The summed E-state index contributed by atoms with van der Waals surface area (Å²) in [5, 5.41) is 4.13. The summed E-state index contributed by atoms with van der Waals surface area (Å²) < 4.78 is 10.6. The molecule has 1 aromatic heterocycles. The first-order valence-electron chi connectivity index (χ1n) is 6.61. The van der Waals surface area contributed by atoms with E-state index in [-0.39, 0.29) is 0 Å². The van der Waals surface area contributed by atoms with Crippen molar-refractivity contribution in [3.8, 4) is 11.5 Å². The molecule has 0 aliphatic carbocycles. The van der Waals surface area contributed by atoms with E-state index in [0.717, 1.165) is 15.7 Å². The molecule has 6 heteroatoms. The lowest BCUT2D eigenvalue weighted by molar-refractivity contribution is 0.354. The van der Waals surface area contributed by atoms with E-state index in [2.05, 4.69) is 29.1 Å². The van der Waals surface area contributed by atoms with E-state index in [0.29, 0.717) is 17.5 Å². The second kappa shape index (κ2) is 7.17. The summed E-state index contributed by atoms with van der Waals surface area (Å²) in [7, 11) is 3.25. The Kier molecular flexibility index (Phi) is 5.27. The highest BCUT2D eigenvalue weighted by molar-refractivity contribution is 7.99. The molecule has 0 saturated carbocycles. The first-order chi connectivity index (χ1) is 10.1. The van der Waals surface area contributed by atoms with Crippen molar-refractivity contribution in [3.05, 3.63) is 30.6 Å². The molecule has 0 aliphatic heterocycles. The van der Waals surface area contributed by atoms with E-state index < -0.39 is 0 Å². The molecule has 0 amide bonds. The van der Waals surface area contributed by atoms with Crippen LogP contribution in [0.5, 0.6) is 11.5 Å². The van der Waals surface area contributed by atoms with Gasteiger partial charge in [0.05, 0.1) is 14.2 Å². The molecule has 2 aromatic rings. The standard InChI is InChI=1S/C15H19N3O2S/c1-10(2)18-14-15(17-8-7-16-14)21-11-5-6-12(19-3)13(9-11)20-4/h5-10H,1-4H3,(H,16,18). The summed E-state index contributed by atoms with van der Waals surface area (Å²) >= 11 is 1.53. The van der Waals surface area contributed by atoms with E-state index in [9.17, 15) is 0 Å². The lowest BCUT2D eigenvalue weighted by atomic mass is 10.3. The van der Waals surface area contributed by atoms with Crippen molar-refractivity contribution in [2.45, 2.75) is 29.8 Å². The molecule has 0 fully saturated rings. The summed E-state index contributed by atoms with van der Waals surface area (Å²) in [5.74, 6) is 2.19. The number of hydrogen-bond acceptors (Lipinski definition) is 6. The molecule has 5 nitrogen and oxygen atoms in total. The minimum absolute atomic E-state index is 0.298. The second-order valence-corrected chi connectivity index (χ2v) is 5.69. The van der Waals surface area contributed by atoms with E-state index in [1.807, 2.05) is 18.2 Å². The predicted molar refractivity (Wildman–Crippen MR) is 84.5 cm³/mol. The van der Waals surface area contributed by atoms with Gasteiger partial charge in [-0.1, -0.05) is 11.8 Å². The van der Waals surface area contributed by atoms with Crippen LogP contribution >= 0.6 is 11.8 Å². The summed E-state index contributed by atoms with van der Waals surface area (Å²) in [6.45, 7) is 4.14. The van der Waals surface area contributed by atoms with Crippen LogP contribution in [0.4, 0.5) is 5.82 Å². The third kappa shape index (κ3) is 4.01. The molecule has 0 atom stereocenters. The molecule has 0 aliphatic rings. The minimum Gasteiger partial charge on any atom is -0.493 e. The quantitative estimate of drug-likeness (QED) is 0.882. The zero-order chi connectivity index (χ0) is 15.2. The fourth-order valence-electron chi connectivity index (χ4n) is 1.76. The Morgan fingerprint density at radius 1 is 1.05 bits per heavy atom. The van der Waals surface area contributed by atoms with Gasteiger partial charge in [0.15, 0.2) is 17.3 Å². The molecule has 1 N–H and O–H groups in total. The summed E-state index contributed by atoms with van der Waals surface area (Å²) in [4.78, 5) is 9.75. The Balaban J connectivity index is 2.26. The lowest BCUT2D eigenvalue weighted by Gasteiger charge is -2.13. The van der Waals surface area contributed by atoms with Gasteiger partial charge >= 0.3 is 0 Å². The Morgan fingerprint density at radius 2 is 1.76 bits per heavy atom. The molecule has 0 spiro atoms. The number of rotatable bonds is 6. The summed E-state index contributed by atoms with van der Waals surface area (Å²) in [6.07, 6.45) is 3.37. The van der Waals surface area contributed by atoms with E-state index in [1.165, 1.54) is 11.8 Å². The molecule has 0 saturated heterocycles. The molecular formula is C15H19N3O2S. The molecule has 2 rings (SSSR count). The first kappa shape index (κ1) is 15.4. The zero-order valence-electron chi connectivity index (χ0n) is 12.6. The van der Waals surface area contributed by atoms with Crippen molar-refractivity contribution < 1.29 is 9.47 Å². The largest absolute Gasteiger partial charge is 0.493 e. The van der Waals surface area contributed by atoms with Crippen molar-refractivity contribution >= 4 is 17.6 Å². The van der Waals surface area contributed by atoms with Crippen LogP contribution in [0.1, 0.15) is 13.8 Å². The Hall–Kier alpha value is -1.95. The highest BCUT2D eigenvalue weighted by Crippen LogP contribution is 2.36. The normalized spacial score (nSPS) is 10.5. The maximum Gasteiger partial charge on any atom is 0.161 e. The van der Waals surface area contributed by atoms with Crippen LogP contribution in [0, 0.1) is 0 Å². The molecule has 0 bridgehead atoms. The molecule has 1 heterocycles. The van der Waals surface area contributed by atoms with E-state index in [4.69, 9.17) is 9.47 Å². The van der Waals surface area contributed by atoms with Crippen LogP contribution in [0.2, 0.25) is 0 Å². The van der Waals surface area contributed by atoms with E-state index >= 15 is 0 Å². The highest BCUT2D eigenvalue weighted by Gasteiger charge is 2.10. The average molecular weight is 305 g/mol. The summed E-state index contributed by atoms with van der Waals surface area (Å²) in [5.41, 5.74) is 0. The number of aromatic nitrogens is 2. The number of ether oxygens (including phenoxy) is 2. The molecule has 0 radical (unpaired) electrons. The van der Waals surface area contributed by atoms with Gasteiger partial charge in [0.25, 0.3) is 0 Å². The van der Waals surface area contributed by atoms with Crippen LogP contribution in [0.25, 0.3) is 0 Å². The van der Waals surface area contributed by atoms with Crippen molar-refractivity contribution in [1.82, 2.24) is 9.97 Å². The van der Waals surface area contributed by atoms with Gasteiger partial charge in [-0.2, -0.15) is 0 Å². The number of nitrogens with one attached hydrogen (secondary N) is 1. The van der Waals surface area contributed by atoms with Crippen molar-refractivity contribution in [2.75, 3.05) is 19.5 Å². The number of benzene rings is 1. The number of methoxy groups -OCH3 is 2. The lowest BCUT2D eigenvalue weighted by Crippen LogP contribution is -2.12. The zero-order valence-corrected chi connectivity index (χ0v) is 13.4. The van der Waals surface area contributed by atoms with Gasteiger partial charge in [-0.15, -0.1) is 0 Å². The maximum atomic E-state index is 5.32. The van der Waals surface area contributed by atoms with Crippen LogP contribution < -0.4 is 14.8 Å². The van der Waals surface area contributed by atoms with Crippen molar-refractivity contribution in [3.63, 3.8) is 0 Å². The van der Waals surface area contributed by atoms with Gasteiger partial charge in [0.2, 0.25) is 0 Å².